The van der Waals surface area contributed by atoms with Crippen LogP contribution in [-0.2, 0) is 10.9 Å². The number of alkyl halides is 3. The Balaban J connectivity index is 1.55. The number of piperidine rings is 1. The lowest BCUT2D eigenvalue weighted by molar-refractivity contribution is -0.137. The molecule has 1 aliphatic heterocycles. The smallest absolute Gasteiger partial charge is 0.369 e. The van der Waals surface area contributed by atoms with E-state index in [1.807, 2.05) is 6.08 Å². The number of ether oxygens (including phenoxy) is 1. The van der Waals surface area contributed by atoms with Crippen LogP contribution in [0, 0.1) is 0 Å². The zero-order valence-electron chi connectivity index (χ0n) is 17.4. The van der Waals surface area contributed by atoms with Gasteiger partial charge in [0, 0.05) is 17.8 Å². The van der Waals surface area contributed by atoms with E-state index in [1.54, 1.807) is 12.2 Å². The predicted molar refractivity (Wildman–Crippen MR) is 118 cm³/mol. The third-order valence-corrected chi connectivity index (χ3v) is 5.75. The molecule has 1 aromatic carbocycles. The van der Waals surface area contributed by atoms with Crippen LogP contribution in [0.3, 0.4) is 0 Å². The van der Waals surface area contributed by atoms with Gasteiger partial charge < -0.3 is 20.7 Å². The van der Waals surface area contributed by atoms with E-state index in [-0.39, 0.29) is 40.4 Å². The van der Waals surface area contributed by atoms with Crippen molar-refractivity contribution < 1.29 is 17.9 Å². The highest BCUT2D eigenvalue weighted by atomic mass is 35.5. The number of likely N-dealkylation sites (tertiary alicyclic amines) is 1. The van der Waals surface area contributed by atoms with E-state index in [0.29, 0.717) is 12.0 Å². The molecule has 1 aliphatic carbocycles. The first-order chi connectivity index (χ1) is 15.2. The van der Waals surface area contributed by atoms with Gasteiger partial charge in [0.25, 0.3) is 0 Å². The van der Waals surface area contributed by atoms with Crippen molar-refractivity contribution in [2.75, 3.05) is 31.2 Å². The Hall–Kier alpha value is -2.56. The molecule has 2 atom stereocenters. The highest BCUT2D eigenvalue weighted by molar-refractivity contribution is 6.33. The van der Waals surface area contributed by atoms with E-state index in [0.717, 1.165) is 32.0 Å². The summed E-state index contributed by atoms with van der Waals surface area (Å²) in [6.45, 7) is 1.91. The van der Waals surface area contributed by atoms with Crippen LogP contribution in [0.4, 0.5) is 30.8 Å². The molecule has 2 unspecified atom stereocenters. The Morgan fingerprint density at radius 2 is 2.16 bits per heavy atom. The molecule has 0 amide bonds. The second-order valence-corrected chi connectivity index (χ2v) is 8.41. The van der Waals surface area contributed by atoms with Crippen LogP contribution in [-0.4, -0.2) is 52.4 Å². The molecule has 2 aliphatic rings. The van der Waals surface area contributed by atoms with E-state index in [1.165, 1.54) is 6.07 Å². The van der Waals surface area contributed by atoms with Crippen LogP contribution in [0.25, 0.3) is 5.57 Å². The molecule has 1 aromatic heterocycles. The molecule has 4 N–H and O–H groups in total. The van der Waals surface area contributed by atoms with Crippen LogP contribution in [0.2, 0.25) is 5.02 Å². The first-order valence-electron chi connectivity index (χ1n) is 10.3. The summed E-state index contributed by atoms with van der Waals surface area (Å²) in [5.41, 5.74) is 5.06. The number of nitrogens with zero attached hydrogens (tertiary/aromatic N) is 3. The van der Waals surface area contributed by atoms with Crippen molar-refractivity contribution in [1.82, 2.24) is 20.1 Å². The molecule has 2 heterocycles. The van der Waals surface area contributed by atoms with Gasteiger partial charge in [0.15, 0.2) is 0 Å². The Kier molecular flexibility index (Phi) is 6.45. The monoisotopic (exact) mass is 468 g/mol. The molecule has 0 bridgehead atoms. The molecule has 0 spiro atoms. The van der Waals surface area contributed by atoms with Crippen LogP contribution < -0.4 is 11.1 Å². The molecular formula is C21H24ClF3N6O. The molecular weight excluding hydrogens is 445 g/mol. The number of benzene rings is 1. The minimum absolute atomic E-state index is 0.0324. The fourth-order valence-electron chi connectivity index (χ4n) is 4.02. The quantitative estimate of drug-likeness (QED) is 0.592. The summed E-state index contributed by atoms with van der Waals surface area (Å²) in [6.07, 6.45) is 3.10. The van der Waals surface area contributed by atoms with E-state index < -0.39 is 11.7 Å². The van der Waals surface area contributed by atoms with Crippen LogP contribution in [0.5, 0.6) is 0 Å². The Bertz CT molecular complexity index is 1040. The lowest BCUT2D eigenvalue weighted by Crippen LogP contribution is -2.38. The lowest BCUT2D eigenvalue weighted by atomic mass is 9.93. The van der Waals surface area contributed by atoms with Crippen molar-refractivity contribution in [3.8, 4) is 0 Å². The maximum atomic E-state index is 13.9. The van der Waals surface area contributed by atoms with Crippen LogP contribution in [0.15, 0.2) is 30.4 Å². The van der Waals surface area contributed by atoms with Gasteiger partial charge in [-0.2, -0.15) is 18.2 Å². The normalized spacial score (nSPS) is 22.1. The van der Waals surface area contributed by atoms with Crippen molar-refractivity contribution in [2.24, 2.45) is 0 Å². The summed E-state index contributed by atoms with van der Waals surface area (Å²) >= 11 is 6.33. The van der Waals surface area contributed by atoms with Gasteiger partial charge in [-0.15, -0.1) is 5.10 Å². The number of aromatic nitrogens is 3. The average molecular weight is 469 g/mol. The van der Waals surface area contributed by atoms with E-state index in [2.05, 4.69) is 32.4 Å². The number of anilines is 3. The highest BCUT2D eigenvalue weighted by Gasteiger charge is 2.36. The number of H-pyrrole nitrogens is 1. The topological polar surface area (TPSA) is 92.1 Å². The summed E-state index contributed by atoms with van der Waals surface area (Å²) in [5, 5.41) is 8.84. The number of aromatic amines is 1. The predicted octanol–water partition coefficient (Wildman–Crippen LogP) is 4.63. The second-order valence-electron chi connectivity index (χ2n) is 8.00. The van der Waals surface area contributed by atoms with E-state index in [9.17, 15) is 13.2 Å². The van der Waals surface area contributed by atoms with Crippen LogP contribution >= 0.6 is 11.6 Å². The number of hydrogen-bond acceptors (Lipinski definition) is 6. The lowest BCUT2D eigenvalue weighted by Gasteiger charge is -2.32. The molecule has 0 saturated carbocycles. The summed E-state index contributed by atoms with van der Waals surface area (Å²) in [7, 11) is 2.06. The molecule has 172 valence electrons. The molecule has 11 heteroatoms. The average Bonchev–Trinajstić information content (AvgIpc) is 3.12. The van der Waals surface area contributed by atoms with Crippen molar-refractivity contribution in [2.45, 2.75) is 37.6 Å². The molecule has 32 heavy (non-hydrogen) atoms. The maximum Gasteiger partial charge on any atom is 0.417 e. The zero-order chi connectivity index (χ0) is 22.9. The van der Waals surface area contributed by atoms with Crippen molar-refractivity contribution in [3.05, 3.63) is 46.5 Å². The number of nitrogens with one attached hydrogen (secondary N) is 2. The fourth-order valence-corrected chi connectivity index (χ4v) is 4.35. The first kappa shape index (κ1) is 22.6. The van der Waals surface area contributed by atoms with Crippen LogP contribution in [0.1, 0.15) is 30.4 Å². The Morgan fingerprint density at radius 1 is 1.34 bits per heavy atom. The second kappa shape index (κ2) is 9.13. The largest absolute Gasteiger partial charge is 0.417 e. The van der Waals surface area contributed by atoms with Gasteiger partial charge in [0.1, 0.15) is 0 Å². The molecule has 1 saturated heterocycles. The highest BCUT2D eigenvalue weighted by Crippen LogP contribution is 2.42. The standard InChI is InChI=1S/C21H24ClF3N6O/c1-31-8-2-3-15(11-31)32-14-6-4-12(5-7-14)18-16(21(23,24)25)9-13(10-17(18)22)27-20-28-19(26)29-30-20/h4-6,9-10,14-15H,2-3,7-8,11H2,1H3,(H4,26,27,28,29,30). The summed E-state index contributed by atoms with van der Waals surface area (Å²) in [5.74, 6) is 0.0879. The number of nitrogens with two attached hydrogens (primary N) is 1. The van der Waals surface area contributed by atoms with Crippen molar-refractivity contribution in [3.63, 3.8) is 0 Å². The molecule has 7 nitrogen and oxygen atoms in total. The maximum absolute atomic E-state index is 13.9. The van der Waals surface area contributed by atoms with Gasteiger partial charge in [-0.1, -0.05) is 29.8 Å². The van der Waals surface area contributed by atoms with Gasteiger partial charge in [-0.3, -0.25) is 0 Å². The van der Waals surface area contributed by atoms with Crippen molar-refractivity contribution >= 4 is 34.8 Å². The number of nitrogen functional groups attached to an aromatic ring is 1. The summed E-state index contributed by atoms with van der Waals surface area (Å²) in [4.78, 5) is 6.06. The van der Waals surface area contributed by atoms with E-state index in [4.69, 9.17) is 22.1 Å². The number of likely N-dealkylation sites (N-methyl/N-ethyl adjacent to an activating group) is 1. The van der Waals surface area contributed by atoms with Gasteiger partial charge in [0.2, 0.25) is 11.9 Å². The zero-order valence-corrected chi connectivity index (χ0v) is 18.2. The molecule has 1 fully saturated rings. The molecule has 0 radical (unpaired) electrons. The molecule has 4 rings (SSSR count). The van der Waals surface area contributed by atoms with Gasteiger partial charge in [0.05, 0.1) is 22.8 Å². The Morgan fingerprint density at radius 3 is 2.78 bits per heavy atom. The fraction of sp³-hybridized carbons (Fsp3) is 0.429. The third-order valence-electron chi connectivity index (χ3n) is 5.45. The SMILES string of the molecule is CN1CCCC(OC2C=CC(c3c(Cl)cc(Nc4n[nH]c(N)n4)cc3C(F)(F)F)=CC2)C1. The van der Waals surface area contributed by atoms with Gasteiger partial charge >= 0.3 is 6.18 Å². The minimum atomic E-state index is -4.61. The molecule has 2 aromatic rings. The first-order valence-corrected chi connectivity index (χ1v) is 10.6. The van der Waals surface area contributed by atoms with Crippen molar-refractivity contribution in [1.29, 1.82) is 0 Å². The van der Waals surface area contributed by atoms with E-state index >= 15 is 0 Å². The van der Waals surface area contributed by atoms with Gasteiger partial charge in [-0.25, -0.2) is 5.10 Å². The number of hydrogen-bond donors (Lipinski definition) is 3. The van der Waals surface area contributed by atoms with Gasteiger partial charge in [-0.05, 0) is 50.6 Å². The summed E-state index contributed by atoms with van der Waals surface area (Å²) < 4.78 is 47.8. The third kappa shape index (κ3) is 5.25. The number of rotatable bonds is 5. The Labute approximate surface area is 188 Å². The number of allylic oxidation sites excluding steroid dienone is 2. The minimum Gasteiger partial charge on any atom is -0.369 e. The number of halogens is 4. The summed E-state index contributed by atoms with van der Waals surface area (Å²) in [6, 6.07) is 2.40.